The molecule has 2 aliphatic heterocycles. The molecule has 0 amide bonds. The molecule has 0 bridgehead atoms. The quantitative estimate of drug-likeness (QED) is 0.353. The lowest BCUT2D eigenvalue weighted by molar-refractivity contribution is 0.00794. The number of rotatable bonds is 5. The molecule has 2 aromatic carbocycles. The maximum Gasteiger partial charge on any atom is 0.193 e. The normalized spacial score (nSPS) is 24.6. The standard InChI is InChI=1S/C27H27FN4O4S/c1-30-37(2,29)18-9-7-16(8-10-18)15-3-5-17(6-4-15)25-19(28)11-20-21(32-25)12-24(31-20)36-23-14-35-26-22(33)13-34-27(23)26/h3-12,22-23,26-27,29,31,33H,13-14H2,1-2H3/t22-,23-,26-,27?,37?/m1/s1. The number of pyridine rings is 1. The molecule has 192 valence electrons. The Bertz CT molecular complexity index is 1580. The third-order valence-electron chi connectivity index (χ3n) is 6.96. The topological polar surface area (TPSA) is 113 Å². The number of fused-ring (bicyclic) bond motifs is 2. The Morgan fingerprint density at radius 1 is 1.03 bits per heavy atom. The molecule has 2 saturated heterocycles. The van der Waals surface area contributed by atoms with E-state index in [0.717, 1.165) is 16.0 Å². The predicted octanol–water partition coefficient (Wildman–Crippen LogP) is 4.66. The summed E-state index contributed by atoms with van der Waals surface area (Å²) in [7, 11) is -0.205. The van der Waals surface area contributed by atoms with Crippen LogP contribution in [0.1, 0.15) is 0 Å². The van der Waals surface area contributed by atoms with Crippen molar-refractivity contribution in [3.05, 3.63) is 66.5 Å². The first kappa shape index (κ1) is 24.1. The molecule has 0 spiro atoms. The maximum absolute atomic E-state index is 15.0. The van der Waals surface area contributed by atoms with E-state index >= 15 is 4.39 Å². The van der Waals surface area contributed by atoms with Crippen molar-refractivity contribution in [2.75, 3.05) is 26.5 Å². The summed E-state index contributed by atoms with van der Waals surface area (Å²) in [6.45, 7) is 0.532. The molecule has 10 heteroatoms. The smallest absolute Gasteiger partial charge is 0.193 e. The minimum Gasteiger partial charge on any atom is -0.470 e. The van der Waals surface area contributed by atoms with Gasteiger partial charge in [-0.2, -0.15) is 0 Å². The lowest BCUT2D eigenvalue weighted by Crippen LogP contribution is -2.34. The minimum atomic E-state index is -1.88. The molecule has 2 aliphatic rings. The van der Waals surface area contributed by atoms with Crippen LogP contribution in [0.25, 0.3) is 33.4 Å². The van der Waals surface area contributed by atoms with E-state index in [1.807, 2.05) is 54.8 Å². The van der Waals surface area contributed by atoms with Crippen molar-refractivity contribution in [2.45, 2.75) is 29.3 Å². The number of aromatic amines is 1. The van der Waals surface area contributed by atoms with Gasteiger partial charge in [-0.15, -0.1) is 0 Å². The number of nitrogens with zero attached hydrogens (tertiary/aromatic N) is 2. The summed E-state index contributed by atoms with van der Waals surface area (Å²) in [5, 5.41) is 9.92. The second-order valence-electron chi connectivity index (χ2n) is 9.36. The van der Waals surface area contributed by atoms with Gasteiger partial charge in [-0.25, -0.2) is 9.37 Å². The first-order valence-electron chi connectivity index (χ1n) is 11.9. The Hall–Kier alpha value is -3.31. The van der Waals surface area contributed by atoms with Crippen LogP contribution in [0, 0.1) is 10.6 Å². The Balaban J connectivity index is 1.23. The fourth-order valence-corrected chi connectivity index (χ4v) is 5.70. The fourth-order valence-electron chi connectivity index (χ4n) is 4.82. The van der Waals surface area contributed by atoms with E-state index in [2.05, 4.69) is 14.3 Å². The molecule has 0 radical (unpaired) electrons. The Morgan fingerprint density at radius 3 is 2.38 bits per heavy atom. The SMILES string of the molecule is CN=S(C)(=N)c1ccc(-c2ccc(-c3nc4cc(O[C@@H]5CO[C@H]6C5OC[C@H]6O)[nH]c4cc3F)cc2)cc1. The number of H-pyrrole nitrogens is 1. The highest BCUT2D eigenvalue weighted by Crippen LogP contribution is 2.32. The van der Waals surface area contributed by atoms with Gasteiger partial charge < -0.3 is 24.3 Å². The van der Waals surface area contributed by atoms with Gasteiger partial charge in [0.05, 0.1) is 24.2 Å². The van der Waals surface area contributed by atoms with Gasteiger partial charge in [0.25, 0.3) is 0 Å². The zero-order chi connectivity index (χ0) is 25.7. The molecular weight excluding hydrogens is 495 g/mol. The molecule has 2 aromatic heterocycles. The van der Waals surface area contributed by atoms with Gasteiger partial charge in [-0.3, -0.25) is 9.14 Å². The minimum absolute atomic E-state index is 0.225. The summed E-state index contributed by atoms with van der Waals surface area (Å²) >= 11 is 0. The summed E-state index contributed by atoms with van der Waals surface area (Å²) in [5.41, 5.74) is 4.02. The number of halogens is 1. The molecule has 4 heterocycles. The van der Waals surface area contributed by atoms with Gasteiger partial charge in [0, 0.05) is 35.9 Å². The van der Waals surface area contributed by atoms with Gasteiger partial charge in [-0.1, -0.05) is 36.4 Å². The summed E-state index contributed by atoms with van der Waals surface area (Å²) in [6, 6.07) is 18.6. The number of ether oxygens (including phenoxy) is 3. The van der Waals surface area contributed by atoms with Crippen molar-refractivity contribution in [1.29, 1.82) is 4.78 Å². The van der Waals surface area contributed by atoms with E-state index < -0.39 is 21.5 Å². The second kappa shape index (κ2) is 9.21. The number of aromatic nitrogens is 2. The molecule has 3 N–H and O–H groups in total. The van der Waals surface area contributed by atoms with E-state index in [0.29, 0.717) is 29.1 Å². The molecule has 5 atom stereocenters. The summed E-state index contributed by atoms with van der Waals surface area (Å²) in [6.07, 6.45) is 0.0953. The third kappa shape index (κ3) is 4.40. The monoisotopic (exact) mass is 522 g/mol. The number of nitrogens with one attached hydrogen (secondary N) is 2. The lowest BCUT2D eigenvalue weighted by Gasteiger charge is -2.16. The van der Waals surface area contributed by atoms with Crippen molar-refractivity contribution >= 4 is 20.7 Å². The van der Waals surface area contributed by atoms with E-state index in [9.17, 15) is 5.11 Å². The van der Waals surface area contributed by atoms with Crippen molar-refractivity contribution in [3.63, 3.8) is 0 Å². The van der Waals surface area contributed by atoms with Crippen molar-refractivity contribution in [1.82, 2.24) is 9.97 Å². The molecule has 37 heavy (non-hydrogen) atoms. The van der Waals surface area contributed by atoms with E-state index in [-0.39, 0.29) is 30.6 Å². The van der Waals surface area contributed by atoms with Crippen molar-refractivity contribution in [3.8, 4) is 28.3 Å². The zero-order valence-electron chi connectivity index (χ0n) is 20.3. The van der Waals surface area contributed by atoms with Crippen LogP contribution in [0.5, 0.6) is 5.88 Å². The molecular formula is C27H27FN4O4S. The summed E-state index contributed by atoms with van der Waals surface area (Å²) in [5.74, 6) is 0.00380. The van der Waals surface area contributed by atoms with Crippen LogP contribution in [-0.2, 0) is 19.1 Å². The van der Waals surface area contributed by atoms with Crippen LogP contribution in [0.15, 0.2) is 69.9 Å². The molecule has 4 aromatic rings. The maximum atomic E-state index is 15.0. The number of aliphatic hydroxyl groups is 1. The third-order valence-corrected chi connectivity index (χ3v) is 8.88. The zero-order valence-corrected chi connectivity index (χ0v) is 21.2. The van der Waals surface area contributed by atoms with Crippen molar-refractivity contribution in [2.24, 2.45) is 4.36 Å². The van der Waals surface area contributed by atoms with E-state index in [1.165, 1.54) is 6.07 Å². The van der Waals surface area contributed by atoms with Crippen LogP contribution >= 0.6 is 0 Å². The number of hydrogen-bond acceptors (Lipinski definition) is 7. The molecule has 0 saturated carbocycles. The van der Waals surface area contributed by atoms with Crippen LogP contribution in [0.3, 0.4) is 0 Å². The van der Waals surface area contributed by atoms with Gasteiger partial charge in [-0.05, 0) is 32.9 Å². The Labute approximate surface area is 214 Å². The Morgan fingerprint density at radius 2 is 1.68 bits per heavy atom. The average Bonchev–Trinajstić information content (AvgIpc) is 3.60. The fraction of sp³-hybridized carbons (Fsp3) is 0.296. The molecule has 6 rings (SSSR count). The van der Waals surface area contributed by atoms with Gasteiger partial charge in [0.1, 0.15) is 24.0 Å². The number of hydrogen-bond donors (Lipinski definition) is 3. The summed E-state index contributed by atoms with van der Waals surface area (Å²) in [4.78, 5) is 8.52. The highest BCUT2D eigenvalue weighted by molar-refractivity contribution is 7.94. The van der Waals surface area contributed by atoms with Crippen molar-refractivity contribution < 1.29 is 23.7 Å². The van der Waals surface area contributed by atoms with Crippen LogP contribution in [0.4, 0.5) is 4.39 Å². The summed E-state index contributed by atoms with van der Waals surface area (Å²) < 4.78 is 44.8. The lowest BCUT2D eigenvalue weighted by atomic mass is 10.0. The van der Waals surface area contributed by atoms with Gasteiger partial charge in [0.15, 0.2) is 17.8 Å². The predicted molar refractivity (Wildman–Crippen MR) is 139 cm³/mol. The largest absolute Gasteiger partial charge is 0.470 e. The van der Waals surface area contributed by atoms with E-state index in [1.54, 1.807) is 13.1 Å². The number of benzene rings is 2. The Kier molecular flexibility index (Phi) is 5.99. The molecule has 2 unspecified atom stereocenters. The average molecular weight is 523 g/mol. The van der Waals surface area contributed by atoms with Crippen LogP contribution < -0.4 is 4.74 Å². The molecule has 8 nitrogen and oxygen atoms in total. The highest BCUT2D eigenvalue weighted by Gasteiger charge is 2.48. The van der Waals surface area contributed by atoms with E-state index in [4.69, 9.17) is 19.0 Å². The molecule has 2 fully saturated rings. The first-order valence-corrected chi connectivity index (χ1v) is 13.9. The second-order valence-corrected chi connectivity index (χ2v) is 12.0. The highest BCUT2D eigenvalue weighted by atomic mass is 32.2. The van der Waals surface area contributed by atoms with Gasteiger partial charge >= 0.3 is 0 Å². The van der Waals surface area contributed by atoms with Crippen LogP contribution in [0.2, 0.25) is 0 Å². The molecule has 0 aliphatic carbocycles. The van der Waals surface area contributed by atoms with Crippen LogP contribution in [-0.4, -0.2) is 66.0 Å². The number of aliphatic hydroxyl groups excluding tert-OH is 1. The van der Waals surface area contributed by atoms with Gasteiger partial charge in [0.2, 0.25) is 0 Å². The first-order chi connectivity index (χ1) is 17.8.